The third-order valence-corrected chi connectivity index (χ3v) is 2.50. The van der Waals surface area contributed by atoms with Crippen molar-refractivity contribution in [1.29, 1.82) is 0 Å². The number of carbonyl (C=O) groups is 1. The molecule has 0 aliphatic rings. The molecule has 0 atom stereocenters. The van der Waals surface area contributed by atoms with Crippen molar-refractivity contribution in [2.45, 2.75) is 12.8 Å². The average Bonchev–Trinajstić information content (AvgIpc) is 2.32. The zero-order valence-corrected chi connectivity index (χ0v) is 10.3. The van der Waals surface area contributed by atoms with Gasteiger partial charge in [-0.2, -0.15) is 0 Å². The summed E-state index contributed by atoms with van der Waals surface area (Å²) in [4.78, 5) is 11.2. The molecule has 1 aromatic rings. The average molecular weight is 259 g/mol. The molecule has 17 heavy (non-hydrogen) atoms. The van der Waals surface area contributed by atoms with Crippen LogP contribution >= 0.6 is 11.6 Å². The number of carbonyl (C=O) groups excluding carboxylic acids is 1. The van der Waals surface area contributed by atoms with E-state index in [1.807, 2.05) is 0 Å². The van der Waals surface area contributed by atoms with Gasteiger partial charge in [-0.05, 0) is 24.5 Å². The smallest absolute Gasteiger partial charge is 0.314 e. The molecule has 5 heteroatoms. The van der Waals surface area contributed by atoms with Crippen LogP contribution < -0.4 is 10.6 Å². The monoisotopic (exact) mass is 258 g/mol. The minimum absolute atomic E-state index is 0.239. The van der Waals surface area contributed by atoms with Gasteiger partial charge >= 0.3 is 6.03 Å². The van der Waals surface area contributed by atoms with Crippen LogP contribution in [0.4, 0.5) is 9.18 Å². The predicted molar refractivity (Wildman–Crippen MR) is 66.8 cm³/mol. The SMILES string of the molecule is O=C(NCCCCl)NCCc1ccccc1F. The number of amides is 2. The zero-order valence-electron chi connectivity index (χ0n) is 9.51. The van der Waals surface area contributed by atoms with E-state index in [2.05, 4.69) is 10.6 Å². The molecule has 0 fully saturated rings. The van der Waals surface area contributed by atoms with Crippen LogP contribution in [0.3, 0.4) is 0 Å². The number of rotatable bonds is 6. The Labute approximate surface area is 105 Å². The maximum Gasteiger partial charge on any atom is 0.314 e. The van der Waals surface area contributed by atoms with Crippen molar-refractivity contribution in [1.82, 2.24) is 10.6 Å². The predicted octanol–water partition coefficient (Wildman–Crippen LogP) is 2.30. The first-order valence-electron chi connectivity index (χ1n) is 5.55. The van der Waals surface area contributed by atoms with Gasteiger partial charge in [-0.3, -0.25) is 0 Å². The van der Waals surface area contributed by atoms with Crippen molar-refractivity contribution < 1.29 is 9.18 Å². The maximum absolute atomic E-state index is 13.2. The zero-order chi connectivity index (χ0) is 12.5. The molecule has 1 rings (SSSR count). The van der Waals surface area contributed by atoms with E-state index in [0.29, 0.717) is 31.0 Å². The first-order valence-corrected chi connectivity index (χ1v) is 6.08. The van der Waals surface area contributed by atoms with Gasteiger partial charge in [0.25, 0.3) is 0 Å². The minimum Gasteiger partial charge on any atom is -0.338 e. The number of nitrogens with one attached hydrogen (secondary N) is 2. The van der Waals surface area contributed by atoms with Crippen molar-refractivity contribution in [3.63, 3.8) is 0 Å². The summed E-state index contributed by atoms with van der Waals surface area (Å²) in [5.74, 6) is 0.284. The fourth-order valence-corrected chi connectivity index (χ4v) is 1.48. The van der Waals surface area contributed by atoms with Gasteiger partial charge in [0.1, 0.15) is 5.82 Å². The lowest BCUT2D eigenvalue weighted by atomic mass is 10.1. The molecule has 1 aromatic carbocycles. The van der Waals surface area contributed by atoms with E-state index in [-0.39, 0.29) is 11.8 Å². The van der Waals surface area contributed by atoms with Crippen molar-refractivity contribution >= 4 is 17.6 Å². The van der Waals surface area contributed by atoms with Crippen molar-refractivity contribution in [3.8, 4) is 0 Å². The third-order valence-electron chi connectivity index (χ3n) is 2.23. The first kappa shape index (κ1) is 13.8. The molecule has 0 saturated carbocycles. The van der Waals surface area contributed by atoms with Crippen molar-refractivity contribution in [2.75, 3.05) is 19.0 Å². The summed E-state index contributed by atoms with van der Waals surface area (Å²) in [5.41, 5.74) is 0.605. The first-order chi connectivity index (χ1) is 8.24. The number of benzene rings is 1. The Bertz CT molecular complexity index is 360. The molecule has 3 nitrogen and oxygen atoms in total. The molecule has 0 heterocycles. The molecule has 0 radical (unpaired) electrons. The summed E-state index contributed by atoms with van der Waals surface area (Å²) in [7, 11) is 0. The van der Waals surface area contributed by atoms with Crippen LogP contribution in [0.15, 0.2) is 24.3 Å². The molecule has 0 aromatic heterocycles. The van der Waals surface area contributed by atoms with Crippen LogP contribution in [0.1, 0.15) is 12.0 Å². The quantitative estimate of drug-likeness (QED) is 0.597. The Hall–Kier alpha value is -1.29. The Morgan fingerprint density at radius 3 is 2.65 bits per heavy atom. The van der Waals surface area contributed by atoms with E-state index in [0.717, 1.165) is 6.42 Å². The molecule has 0 saturated heterocycles. The molecular formula is C12H16ClFN2O. The fourth-order valence-electron chi connectivity index (χ4n) is 1.34. The van der Waals surface area contributed by atoms with Crippen molar-refractivity contribution in [3.05, 3.63) is 35.6 Å². The lowest BCUT2D eigenvalue weighted by Gasteiger charge is -2.07. The molecule has 2 amide bonds. The Morgan fingerprint density at radius 2 is 1.94 bits per heavy atom. The van der Waals surface area contributed by atoms with Gasteiger partial charge in [-0.25, -0.2) is 9.18 Å². The van der Waals surface area contributed by atoms with Crippen molar-refractivity contribution in [2.24, 2.45) is 0 Å². The van der Waals surface area contributed by atoms with E-state index < -0.39 is 0 Å². The highest BCUT2D eigenvalue weighted by Gasteiger charge is 2.02. The van der Waals surface area contributed by atoms with Crippen LogP contribution in [0.2, 0.25) is 0 Å². The topological polar surface area (TPSA) is 41.1 Å². The summed E-state index contributed by atoms with van der Waals surface area (Å²) in [6.45, 7) is 0.961. The standard InChI is InChI=1S/C12H16ClFN2O/c13-7-3-8-15-12(17)16-9-6-10-4-1-2-5-11(10)14/h1-2,4-5H,3,6-9H2,(H2,15,16,17). The number of halogens is 2. The summed E-state index contributed by atoms with van der Waals surface area (Å²) in [5, 5.41) is 5.31. The Balaban J connectivity index is 2.19. The van der Waals surface area contributed by atoms with Crippen LogP contribution in [-0.4, -0.2) is 25.0 Å². The molecule has 0 aliphatic carbocycles. The molecule has 2 N–H and O–H groups in total. The second-order valence-corrected chi connectivity index (χ2v) is 3.94. The highest BCUT2D eigenvalue weighted by atomic mass is 35.5. The van der Waals surface area contributed by atoms with Crippen LogP contribution in [0.5, 0.6) is 0 Å². The van der Waals surface area contributed by atoms with Gasteiger partial charge in [0.05, 0.1) is 0 Å². The molecule has 0 aliphatic heterocycles. The van der Waals surface area contributed by atoms with Gasteiger partial charge < -0.3 is 10.6 Å². The lowest BCUT2D eigenvalue weighted by Crippen LogP contribution is -2.37. The number of hydrogen-bond acceptors (Lipinski definition) is 1. The molecule has 0 bridgehead atoms. The van der Waals surface area contributed by atoms with Crippen LogP contribution in [0.25, 0.3) is 0 Å². The van der Waals surface area contributed by atoms with Gasteiger partial charge in [-0.1, -0.05) is 18.2 Å². The maximum atomic E-state index is 13.2. The van der Waals surface area contributed by atoms with E-state index >= 15 is 0 Å². The minimum atomic E-state index is -0.244. The Kier molecular flexibility index (Phi) is 6.40. The second-order valence-electron chi connectivity index (χ2n) is 3.57. The highest BCUT2D eigenvalue weighted by molar-refractivity contribution is 6.17. The van der Waals surface area contributed by atoms with E-state index in [4.69, 9.17) is 11.6 Å². The largest absolute Gasteiger partial charge is 0.338 e. The second kappa shape index (κ2) is 7.90. The number of hydrogen-bond donors (Lipinski definition) is 2. The molecule has 0 unspecified atom stereocenters. The van der Waals surface area contributed by atoms with Gasteiger partial charge in [-0.15, -0.1) is 11.6 Å². The lowest BCUT2D eigenvalue weighted by molar-refractivity contribution is 0.241. The highest BCUT2D eigenvalue weighted by Crippen LogP contribution is 2.05. The number of urea groups is 1. The van der Waals surface area contributed by atoms with Gasteiger partial charge in [0.15, 0.2) is 0 Å². The van der Waals surface area contributed by atoms with Gasteiger partial charge in [0.2, 0.25) is 0 Å². The van der Waals surface area contributed by atoms with E-state index in [1.54, 1.807) is 18.2 Å². The Morgan fingerprint density at radius 1 is 1.24 bits per heavy atom. The molecule has 94 valence electrons. The van der Waals surface area contributed by atoms with Crippen LogP contribution in [0, 0.1) is 5.82 Å². The molecule has 0 spiro atoms. The van der Waals surface area contributed by atoms with Gasteiger partial charge in [0, 0.05) is 19.0 Å². The van der Waals surface area contributed by atoms with E-state index in [9.17, 15) is 9.18 Å². The van der Waals surface area contributed by atoms with Crippen LogP contribution in [-0.2, 0) is 6.42 Å². The summed E-state index contributed by atoms with van der Waals surface area (Å²) >= 11 is 5.47. The molecular weight excluding hydrogens is 243 g/mol. The summed E-state index contributed by atoms with van der Waals surface area (Å²) in [6.07, 6.45) is 1.22. The number of alkyl halides is 1. The van der Waals surface area contributed by atoms with E-state index in [1.165, 1.54) is 6.07 Å². The third kappa shape index (κ3) is 5.54. The summed E-state index contributed by atoms with van der Waals surface area (Å²) in [6, 6.07) is 6.30. The fraction of sp³-hybridized carbons (Fsp3) is 0.417. The summed E-state index contributed by atoms with van der Waals surface area (Å²) < 4.78 is 13.2. The normalized spacial score (nSPS) is 10.0.